The highest BCUT2D eigenvalue weighted by Gasteiger charge is 2.21. The number of benzene rings is 10. The number of nitrogens with zero attached hydrogens (tertiary/aromatic N) is 1. The molecule has 0 N–H and O–H groups in total. The summed E-state index contributed by atoms with van der Waals surface area (Å²) in [7, 11) is 0. The van der Waals surface area contributed by atoms with Gasteiger partial charge in [-0.2, -0.15) is 0 Å². The van der Waals surface area contributed by atoms with Crippen LogP contribution in [0, 0.1) is 0 Å². The maximum atomic E-state index is 6.61. The molecule has 0 unspecified atom stereocenters. The Morgan fingerprint density at radius 2 is 0.833 bits per heavy atom. The first kappa shape index (κ1) is 30.5. The lowest BCUT2D eigenvalue weighted by Gasteiger charge is -2.28. The molecule has 54 heavy (non-hydrogen) atoms. The zero-order valence-corrected chi connectivity index (χ0v) is 29.4. The molecule has 1 heterocycles. The van der Waals surface area contributed by atoms with Gasteiger partial charge < -0.3 is 9.32 Å². The Bertz CT molecular complexity index is 3090. The smallest absolute Gasteiger partial charge is 0.143 e. The van der Waals surface area contributed by atoms with Gasteiger partial charge in [-0.1, -0.05) is 164 Å². The lowest BCUT2D eigenvalue weighted by atomic mass is 9.94. The molecule has 1 aromatic heterocycles. The zero-order valence-electron chi connectivity index (χ0n) is 29.4. The number of para-hydroxylation sites is 1. The Hall–Kier alpha value is -7.16. The molecule has 0 saturated carbocycles. The first-order valence-electron chi connectivity index (χ1n) is 18.5. The zero-order chi connectivity index (χ0) is 35.6. The van der Waals surface area contributed by atoms with E-state index in [1.54, 1.807) is 0 Å². The molecule has 0 spiro atoms. The van der Waals surface area contributed by atoms with Gasteiger partial charge in [0.15, 0.2) is 0 Å². The second-order valence-corrected chi connectivity index (χ2v) is 14.0. The predicted molar refractivity (Wildman–Crippen MR) is 229 cm³/mol. The summed E-state index contributed by atoms with van der Waals surface area (Å²) in [6, 6.07) is 72.2. The Morgan fingerprint density at radius 1 is 0.315 bits per heavy atom. The van der Waals surface area contributed by atoms with Gasteiger partial charge in [0, 0.05) is 32.8 Å². The Kier molecular flexibility index (Phi) is 6.90. The van der Waals surface area contributed by atoms with Crippen LogP contribution in [0.25, 0.3) is 87.3 Å². The average molecular weight is 688 g/mol. The summed E-state index contributed by atoms with van der Waals surface area (Å²) in [6.07, 6.45) is 0. The first-order chi connectivity index (χ1) is 26.8. The van der Waals surface area contributed by atoms with Crippen LogP contribution in [0.1, 0.15) is 0 Å². The summed E-state index contributed by atoms with van der Waals surface area (Å²) in [5.74, 6) is 0. The number of anilines is 3. The SMILES string of the molecule is c1ccc(-c2ccc(-c3ccc(N(c4cccc5c4ccc4ccccc45)c4cccc5c4ccc4ccccc45)cc3)c3c2oc2ccccc23)cc1. The van der Waals surface area contributed by atoms with Crippen molar-refractivity contribution in [2.45, 2.75) is 0 Å². The number of hydrogen-bond donors (Lipinski definition) is 0. The number of fused-ring (bicyclic) bond motifs is 9. The van der Waals surface area contributed by atoms with E-state index >= 15 is 0 Å². The van der Waals surface area contributed by atoms with Gasteiger partial charge in [-0.3, -0.25) is 0 Å². The summed E-state index contributed by atoms with van der Waals surface area (Å²) in [6.45, 7) is 0. The van der Waals surface area contributed by atoms with E-state index < -0.39 is 0 Å². The van der Waals surface area contributed by atoms with Gasteiger partial charge in [-0.15, -0.1) is 0 Å². The van der Waals surface area contributed by atoms with E-state index in [-0.39, 0.29) is 0 Å². The molecule has 0 radical (unpaired) electrons. The van der Waals surface area contributed by atoms with E-state index in [0.29, 0.717) is 0 Å². The Labute approximate surface area is 312 Å². The lowest BCUT2D eigenvalue weighted by Crippen LogP contribution is -2.11. The molecule has 2 heteroatoms. The number of furan rings is 1. The van der Waals surface area contributed by atoms with Crippen molar-refractivity contribution in [2.24, 2.45) is 0 Å². The van der Waals surface area contributed by atoms with Crippen molar-refractivity contribution in [3.05, 3.63) is 200 Å². The van der Waals surface area contributed by atoms with Crippen LogP contribution in [-0.2, 0) is 0 Å². The molecular formula is C52H33NO. The largest absolute Gasteiger partial charge is 0.455 e. The Balaban J connectivity index is 1.13. The van der Waals surface area contributed by atoms with Gasteiger partial charge >= 0.3 is 0 Å². The molecule has 2 nitrogen and oxygen atoms in total. The number of rotatable bonds is 5. The van der Waals surface area contributed by atoms with Gasteiger partial charge in [0.05, 0.1) is 11.4 Å². The van der Waals surface area contributed by atoms with Crippen molar-refractivity contribution in [2.75, 3.05) is 4.90 Å². The molecule has 252 valence electrons. The van der Waals surface area contributed by atoms with Crippen molar-refractivity contribution in [3.8, 4) is 22.3 Å². The number of hydrogen-bond acceptors (Lipinski definition) is 2. The second-order valence-electron chi connectivity index (χ2n) is 14.0. The van der Waals surface area contributed by atoms with E-state index in [0.717, 1.165) is 61.3 Å². The van der Waals surface area contributed by atoms with Gasteiger partial charge in [0.2, 0.25) is 0 Å². The highest BCUT2D eigenvalue weighted by molar-refractivity contribution is 6.18. The summed E-state index contributed by atoms with van der Waals surface area (Å²) < 4.78 is 6.61. The van der Waals surface area contributed by atoms with E-state index in [1.165, 1.54) is 43.1 Å². The molecule has 0 aliphatic rings. The summed E-state index contributed by atoms with van der Waals surface area (Å²) in [5, 5.41) is 12.2. The third kappa shape index (κ3) is 4.74. The van der Waals surface area contributed by atoms with Crippen molar-refractivity contribution in [3.63, 3.8) is 0 Å². The van der Waals surface area contributed by atoms with Crippen molar-refractivity contribution >= 4 is 82.1 Å². The van der Waals surface area contributed by atoms with Crippen LogP contribution in [0.2, 0.25) is 0 Å². The maximum absolute atomic E-state index is 6.61. The minimum absolute atomic E-state index is 0.895. The summed E-state index contributed by atoms with van der Waals surface area (Å²) in [4.78, 5) is 2.44. The minimum Gasteiger partial charge on any atom is -0.455 e. The molecule has 0 saturated heterocycles. The highest BCUT2D eigenvalue weighted by Crippen LogP contribution is 2.46. The topological polar surface area (TPSA) is 16.4 Å². The fraction of sp³-hybridized carbons (Fsp3) is 0. The average Bonchev–Trinajstić information content (AvgIpc) is 3.64. The maximum Gasteiger partial charge on any atom is 0.143 e. The minimum atomic E-state index is 0.895. The molecule has 0 aliphatic carbocycles. The van der Waals surface area contributed by atoms with Gasteiger partial charge in [0.1, 0.15) is 11.2 Å². The molecule has 11 rings (SSSR count). The third-order valence-corrected chi connectivity index (χ3v) is 11.1. The van der Waals surface area contributed by atoms with Gasteiger partial charge in [0.25, 0.3) is 0 Å². The molecule has 10 aromatic carbocycles. The van der Waals surface area contributed by atoms with E-state index in [1.807, 2.05) is 6.07 Å². The quantitative estimate of drug-likeness (QED) is 0.168. The third-order valence-electron chi connectivity index (χ3n) is 11.1. The summed E-state index contributed by atoms with van der Waals surface area (Å²) in [5.41, 5.74) is 9.72. The first-order valence-corrected chi connectivity index (χ1v) is 18.5. The van der Waals surface area contributed by atoms with Crippen molar-refractivity contribution in [1.82, 2.24) is 0 Å². The fourth-order valence-corrected chi connectivity index (χ4v) is 8.55. The van der Waals surface area contributed by atoms with E-state index in [9.17, 15) is 0 Å². The summed E-state index contributed by atoms with van der Waals surface area (Å²) >= 11 is 0. The molecule has 0 fully saturated rings. The van der Waals surface area contributed by atoms with Crippen LogP contribution in [0.4, 0.5) is 17.1 Å². The van der Waals surface area contributed by atoms with Crippen LogP contribution in [-0.4, -0.2) is 0 Å². The molecule has 11 aromatic rings. The monoisotopic (exact) mass is 687 g/mol. The van der Waals surface area contributed by atoms with Crippen LogP contribution in [0.15, 0.2) is 205 Å². The van der Waals surface area contributed by atoms with Gasteiger partial charge in [-0.05, 0) is 85.4 Å². The van der Waals surface area contributed by atoms with Gasteiger partial charge in [-0.25, -0.2) is 0 Å². The van der Waals surface area contributed by atoms with Crippen molar-refractivity contribution < 1.29 is 4.42 Å². The highest BCUT2D eigenvalue weighted by atomic mass is 16.3. The molecular weight excluding hydrogens is 655 g/mol. The Morgan fingerprint density at radius 3 is 1.48 bits per heavy atom. The van der Waals surface area contributed by atoms with Crippen LogP contribution in [0.3, 0.4) is 0 Å². The molecule has 0 aliphatic heterocycles. The second kappa shape index (κ2) is 12.2. The lowest BCUT2D eigenvalue weighted by molar-refractivity contribution is 0.670. The molecule has 0 bridgehead atoms. The normalized spacial score (nSPS) is 11.7. The predicted octanol–water partition coefficient (Wildman–Crippen LogP) is 15.0. The fourth-order valence-electron chi connectivity index (χ4n) is 8.55. The van der Waals surface area contributed by atoms with Crippen molar-refractivity contribution in [1.29, 1.82) is 0 Å². The van der Waals surface area contributed by atoms with E-state index in [4.69, 9.17) is 4.42 Å². The standard InChI is InChI=1S/C52H33NO/c1-2-12-34(13-3-1)42-33-32-41(51-47-18-8-9-23-50(47)54-52(42)51)37-24-28-38(29-25-37)53(48-21-10-19-43-39-16-6-4-14-35(39)26-30-45(43)48)49-22-11-20-44-40-17-7-5-15-36(40)27-31-46(44)49/h1-33H. The van der Waals surface area contributed by atoms with Crippen LogP contribution < -0.4 is 4.90 Å². The van der Waals surface area contributed by atoms with Crippen LogP contribution >= 0.6 is 0 Å². The molecule has 0 amide bonds. The van der Waals surface area contributed by atoms with E-state index in [2.05, 4.69) is 199 Å². The molecule has 0 atom stereocenters. The van der Waals surface area contributed by atoms with Crippen LogP contribution in [0.5, 0.6) is 0 Å².